The van der Waals surface area contributed by atoms with Crippen LogP contribution in [-0.4, -0.2) is 139 Å². The Labute approximate surface area is 367 Å². The van der Waals surface area contributed by atoms with Crippen molar-refractivity contribution in [1.82, 2.24) is 0 Å². The Hall–Kier alpha value is -2.31. The number of carbonyl (C=O) groups excluding carboxylic acids is 1. The van der Waals surface area contributed by atoms with Crippen molar-refractivity contribution in [3.63, 3.8) is 0 Å². The van der Waals surface area contributed by atoms with Gasteiger partial charge in [-0.25, -0.2) is 0 Å². The predicted octanol–water partition coefficient (Wildman–Crippen LogP) is 5.38. The number of hydrogen-bond acceptors (Lipinski definition) is 14. The summed E-state index contributed by atoms with van der Waals surface area (Å²) in [5, 5.41) is 34.2. The van der Waals surface area contributed by atoms with Gasteiger partial charge >= 0.3 is 5.97 Å². The molecule has 1 spiro atoms. The maximum atomic E-state index is 14.3. The fourth-order valence-electron chi connectivity index (χ4n) is 10.6. The Kier molecular flexibility index (Phi) is 15.1. The summed E-state index contributed by atoms with van der Waals surface area (Å²) in [5.41, 5.74) is 0.134. The second-order valence-electron chi connectivity index (χ2n) is 19.0. The number of ether oxygens (including phenoxy) is 10. The standard InChI is InChI=1S/C48H72O14/c1-11-25(2)43-28(5)17-18-47(62-43)23-34-20-33(61-47)16-15-27(4)42(26(3)13-12-14-32-24-55-45-40(49)29(6)19-35(46(51)58-34)48(32,45)52)59-39-22-37(54-10)44(31(8)57-39)60-38-21-36(53-9)41(50)30(7)56-38/h12-15,17-19,25-26,28,30-31,33-45,49-50,52H,11,16,20-24H2,1-10H3/b13-12+,27-15+,32-14+/t25?,26-,28-,30-,31-,33+,34-,35-,36-,37-,38-,39+,40+,41-,42-,43+,44+,45+,47+,48+/m0/s1. The van der Waals surface area contributed by atoms with Crippen molar-refractivity contribution < 1.29 is 67.5 Å². The first-order chi connectivity index (χ1) is 29.5. The van der Waals surface area contributed by atoms with Gasteiger partial charge < -0.3 is 62.7 Å². The fraction of sp³-hybridized carbons (Fsp3) is 0.771. The van der Waals surface area contributed by atoms with Crippen LogP contribution in [-0.2, 0) is 52.2 Å². The average Bonchev–Trinajstić information content (AvgIpc) is 3.58. The molecule has 14 heteroatoms. The molecule has 0 saturated carbocycles. The van der Waals surface area contributed by atoms with Crippen LogP contribution in [0.2, 0.25) is 0 Å². The first-order valence-electron chi connectivity index (χ1n) is 22.9. The number of carbonyl (C=O) groups is 1. The van der Waals surface area contributed by atoms with Crippen LogP contribution in [0.25, 0.3) is 0 Å². The highest BCUT2D eigenvalue weighted by Crippen LogP contribution is 2.47. The molecule has 7 rings (SSSR count). The molecule has 0 radical (unpaired) electrons. The van der Waals surface area contributed by atoms with E-state index < -0.39 is 90.8 Å². The number of aliphatic hydroxyl groups excluding tert-OH is 2. The lowest BCUT2D eigenvalue weighted by atomic mass is 9.71. The molecule has 62 heavy (non-hydrogen) atoms. The molecule has 3 N–H and O–H groups in total. The Morgan fingerprint density at radius 2 is 1.60 bits per heavy atom. The van der Waals surface area contributed by atoms with Gasteiger partial charge in [-0.15, -0.1) is 0 Å². The Balaban J connectivity index is 1.18. The van der Waals surface area contributed by atoms with Gasteiger partial charge in [-0.2, -0.15) is 0 Å². The molecule has 348 valence electrons. The molecule has 1 aliphatic carbocycles. The van der Waals surface area contributed by atoms with E-state index in [2.05, 4.69) is 39.8 Å². The molecule has 0 aromatic heterocycles. The normalized spacial score (nSPS) is 49.1. The summed E-state index contributed by atoms with van der Waals surface area (Å²) >= 11 is 0. The number of hydrogen-bond donors (Lipinski definition) is 3. The van der Waals surface area contributed by atoms with Gasteiger partial charge in [-0.05, 0) is 62.8 Å². The van der Waals surface area contributed by atoms with E-state index in [-0.39, 0.29) is 42.7 Å². The monoisotopic (exact) mass is 872 g/mol. The van der Waals surface area contributed by atoms with E-state index in [9.17, 15) is 20.1 Å². The molecule has 20 atom stereocenters. The number of aliphatic hydroxyl groups is 3. The number of rotatable bonds is 8. The highest BCUT2D eigenvalue weighted by Gasteiger charge is 2.60. The largest absolute Gasteiger partial charge is 0.462 e. The number of fused-ring (bicyclic) bond motifs is 2. The molecule has 0 amide bonds. The van der Waals surface area contributed by atoms with Gasteiger partial charge in [0.15, 0.2) is 18.4 Å². The average molecular weight is 873 g/mol. The maximum Gasteiger partial charge on any atom is 0.316 e. The van der Waals surface area contributed by atoms with Gasteiger partial charge in [0.05, 0.1) is 49.3 Å². The van der Waals surface area contributed by atoms with Crippen molar-refractivity contribution >= 4 is 5.97 Å². The number of esters is 1. The fourth-order valence-corrected chi connectivity index (χ4v) is 10.6. The van der Waals surface area contributed by atoms with Crippen LogP contribution in [0.15, 0.2) is 59.3 Å². The molecule has 4 saturated heterocycles. The predicted molar refractivity (Wildman–Crippen MR) is 227 cm³/mol. The Bertz CT molecular complexity index is 1730. The third-order valence-corrected chi connectivity index (χ3v) is 14.5. The van der Waals surface area contributed by atoms with E-state index >= 15 is 0 Å². The van der Waals surface area contributed by atoms with Gasteiger partial charge in [-0.3, -0.25) is 4.79 Å². The van der Waals surface area contributed by atoms with Crippen LogP contribution in [0, 0.1) is 23.7 Å². The third kappa shape index (κ3) is 9.64. The quantitative estimate of drug-likeness (QED) is 0.210. The molecular weight excluding hydrogens is 801 g/mol. The molecule has 0 aromatic carbocycles. The van der Waals surface area contributed by atoms with Gasteiger partial charge in [0.25, 0.3) is 0 Å². The molecule has 6 aliphatic heterocycles. The lowest BCUT2D eigenvalue weighted by Crippen LogP contribution is -2.58. The summed E-state index contributed by atoms with van der Waals surface area (Å²) in [6.07, 6.45) is 8.55. The van der Waals surface area contributed by atoms with Crippen LogP contribution in [0.5, 0.6) is 0 Å². The maximum absolute atomic E-state index is 14.3. The smallest absolute Gasteiger partial charge is 0.316 e. The zero-order valence-corrected chi connectivity index (χ0v) is 38.2. The zero-order chi connectivity index (χ0) is 44.7. The minimum atomic E-state index is -1.84. The number of allylic oxidation sites excluding steroid dienone is 2. The SMILES string of the molecule is CCC(C)[C@H]1O[C@]2(C=C[C@@H]1C)C[C@@H]1C[C@@H](C/C=C(\C)[C@@H](O[C@@H]3C[C@H](OC)[C@H](O[C@H]4C[C@H](OC)[C@@H](O)[C@H](C)O4)[C@H](C)O3)[C@@H](C)/C=C/C=C3\CO[C@@H]4[C@H](O)C(C)=C[C@@H](C(=O)O1)[C@]34O)O2. The van der Waals surface area contributed by atoms with E-state index in [0.717, 1.165) is 12.0 Å². The lowest BCUT2D eigenvalue weighted by molar-refractivity contribution is -0.318. The highest BCUT2D eigenvalue weighted by molar-refractivity contribution is 5.78. The van der Waals surface area contributed by atoms with Gasteiger partial charge in [0, 0.05) is 51.7 Å². The third-order valence-electron chi connectivity index (χ3n) is 14.5. The van der Waals surface area contributed by atoms with Gasteiger partial charge in [0.1, 0.15) is 42.0 Å². The van der Waals surface area contributed by atoms with Gasteiger partial charge in [0.2, 0.25) is 0 Å². The van der Waals surface area contributed by atoms with Crippen molar-refractivity contribution in [3.8, 4) is 0 Å². The first kappa shape index (κ1) is 47.6. The van der Waals surface area contributed by atoms with E-state index in [1.165, 1.54) is 0 Å². The van der Waals surface area contributed by atoms with Crippen molar-refractivity contribution in [3.05, 3.63) is 59.3 Å². The second-order valence-corrected chi connectivity index (χ2v) is 19.0. The van der Waals surface area contributed by atoms with Crippen LogP contribution >= 0.6 is 0 Å². The highest BCUT2D eigenvalue weighted by atomic mass is 16.7. The Morgan fingerprint density at radius 1 is 0.887 bits per heavy atom. The topological polar surface area (TPSA) is 170 Å². The van der Waals surface area contributed by atoms with E-state index in [1.54, 1.807) is 40.2 Å². The minimum Gasteiger partial charge on any atom is -0.462 e. The van der Waals surface area contributed by atoms with E-state index in [4.69, 9.17) is 47.4 Å². The van der Waals surface area contributed by atoms with E-state index in [1.807, 2.05) is 32.1 Å². The van der Waals surface area contributed by atoms with Crippen LogP contribution in [0.3, 0.4) is 0 Å². The zero-order valence-electron chi connectivity index (χ0n) is 38.2. The molecular formula is C48H72O14. The summed E-state index contributed by atoms with van der Waals surface area (Å²) in [7, 11) is 3.22. The van der Waals surface area contributed by atoms with Crippen LogP contribution < -0.4 is 0 Å². The second kappa shape index (κ2) is 19.7. The summed E-state index contributed by atoms with van der Waals surface area (Å²) in [4.78, 5) is 14.3. The molecule has 6 heterocycles. The minimum absolute atomic E-state index is 0.0317. The molecule has 14 nitrogen and oxygen atoms in total. The molecule has 0 aromatic rings. The lowest BCUT2D eigenvalue weighted by Gasteiger charge is -2.48. The summed E-state index contributed by atoms with van der Waals surface area (Å²) in [6.45, 7) is 16.1. The van der Waals surface area contributed by atoms with Crippen LogP contribution in [0.4, 0.5) is 0 Å². The van der Waals surface area contributed by atoms with Gasteiger partial charge in [-0.1, -0.05) is 70.6 Å². The summed E-state index contributed by atoms with van der Waals surface area (Å²) in [6, 6.07) is 0. The van der Waals surface area contributed by atoms with E-state index in [0.29, 0.717) is 43.3 Å². The van der Waals surface area contributed by atoms with Crippen molar-refractivity contribution in [2.45, 2.75) is 191 Å². The Morgan fingerprint density at radius 3 is 2.32 bits per heavy atom. The molecule has 7 aliphatic rings. The molecule has 4 fully saturated rings. The molecule has 1 unspecified atom stereocenters. The van der Waals surface area contributed by atoms with Crippen molar-refractivity contribution in [1.29, 1.82) is 0 Å². The summed E-state index contributed by atoms with van der Waals surface area (Å²) < 4.78 is 63.7. The van der Waals surface area contributed by atoms with Crippen molar-refractivity contribution in [2.75, 3.05) is 20.8 Å². The van der Waals surface area contributed by atoms with Crippen LogP contribution in [0.1, 0.15) is 93.9 Å². The molecule has 2 bridgehead atoms. The first-order valence-corrected chi connectivity index (χ1v) is 22.9. The van der Waals surface area contributed by atoms with Crippen molar-refractivity contribution in [2.24, 2.45) is 23.7 Å². The summed E-state index contributed by atoms with van der Waals surface area (Å²) in [5.74, 6) is -2.56. The number of methoxy groups -OCH3 is 2.